The number of rotatable bonds is 6. The van der Waals surface area contributed by atoms with Gasteiger partial charge in [0.15, 0.2) is 4.98 Å². The lowest BCUT2D eigenvalue weighted by Gasteiger charge is -2.24. The zero-order valence-corrected chi connectivity index (χ0v) is 14.3. The fourth-order valence-electron chi connectivity index (χ4n) is 1.16. The van der Waals surface area contributed by atoms with Crippen molar-refractivity contribution >= 4 is 13.5 Å². The van der Waals surface area contributed by atoms with Crippen molar-refractivity contribution in [3.8, 4) is 5.75 Å². The number of benzene rings is 1. The van der Waals surface area contributed by atoms with Crippen LogP contribution in [0.5, 0.6) is 5.75 Å². The summed E-state index contributed by atoms with van der Waals surface area (Å²) in [5.41, 5.74) is 0.325. The SMILES string of the molecule is C[N+](C)(C)CCOP(=O)(O)Oc1ccc([N+]#N)cc1.[Cl-].[Cl-]. The third-order valence-electron chi connectivity index (χ3n) is 2.19. The summed E-state index contributed by atoms with van der Waals surface area (Å²) in [5, 5.41) is 8.51. The lowest BCUT2D eigenvalue weighted by atomic mass is 10.3. The van der Waals surface area contributed by atoms with Gasteiger partial charge in [-0.2, -0.15) is 0 Å². The molecule has 0 radical (unpaired) electrons. The first-order valence-electron chi connectivity index (χ1n) is 5.64. The molecule has 21 heavy (non-hydrogen) atoms. The predicted octanol–water partition coefficient (Wildman–Crippen LogP) is -3.62. The summed E-state index contributed by atoms with van der Waals surface area (Å²) >= 11 is 0. The van der Waals surface area contributed by atoms with Crippen LogP contribution in [0, 0.1) is 5.39 Å². The second-order valence-electron chi connectivity index (χ2n) is 5.00. The van der Waals surface area contributed by atoms with Crippen molar-refractivity contribution in [2.45, 2.75) is 0 Å². The molecule has 0 aliphatic rings. The van der Waals surface area contributed by atoms with Gasteiger partial charge in [-0.25, -0.2) is 4.57 Å². The molecule has 1 aromatic carbocycles. The minimum atomic E-state index is -4.13. The number of hydrogen-bond donors (Lipinski definition) is 1. The fourth-order valence-corrected chi connectivity index (χ4v) is 1.92. The fraction of sp³-hybridized carbons (Fsp3) is 0.455. The van der Waals surface area contributed by atoms with Gasteiger partial charge in [-0.05, 0) is 12.1 Å². The maximum absolute atomic E-state index is 11.7. The molecule has 1 rings (SSSR count). The van der Waals surface area contributed by atoms with Crippen molar-refractivity contribution in [2.75, 3.05) is 34.3 Å². The number of likely N-dealkylation sites (N-methyl/N-ethyl adjacent to an activating group) is 1. The highest BCUT2D eigenvalue weighted by atomic mass is 35.5. The van der Waals surface area contributed by atoms with Crippen LogP contribution in [0.2, 0.25) is 0 Å². The standard InChI is InChI=1S/C11H17N3O4P.2ClH/c1-14(2,3)8-9-17-19(15,16)18-11-6-4-10(13-12)5-7-11;;/h4-7H,8-9H2,1-3H3;2*1H/q+1;;/p-1. The molecule has 0 heterocycles. The molecule has 0 aliphatic heterocycles. The molecule has 1 unspecified atom stereocenters. The molecular formula is C11H18Cl2N3O4P. The molecule has 10 heteroatoms. The third-order valence-corrected chi connectivity index (χ3v) is 3.14. The second kappa shape index (κ2) is 9.21. The van der Waals surface area contributed by atoms with Crippen molar-refractivity contribution in [3.05, 3.63) is 29.2 Å². The van der Waals surface area contributed by atoms with E-state index < -0.39 is 7.82 Å². The van der Waals surface area contributed by atoms with Gasteiger partial charge in [0.05, 0.1) is 21.1 Å². The van der Waals surface area contributed by atoms with E-state index in [9.17, 15) is 9.46 Å². The van der Waals surface area contributed by atoms with E-state index in [1.807, 2.05) is 21.1 Å². The normalized spacial score (nSPS) is 13.1. The molecule has 0 spiro atoms. The number of phosphoric ester groups is 1. The second-order valence-corrected chi connectivity index (χ2v) is 6.38. The van der Waals surface area contributed by atoms with Crippen LogP contribution in [0.1, 0.15) is 0 Å². The van der Waals surface area contributed by atoms with Crippen LogP contribution in [0.4, 0.5) is 5.69 Å². The summed E-state index contributed by atoms with van der Waals surface area (Å²) in [7, 11) is 1.72. The molecule has 1 atom stereocenters. The Morgan fingerprint density at radius 3 is 2.19 bits per heavy atom. The number of hydrogen-bond acceptors (Lipinski definition) is 4. The van der Waals surface area contributed by atoms with Crippen molar-refractivity contribution in [3.63, 3.8) is 0 Å². The summed E-state index contributed by atoms with van der Waals surface area (Å²) in [6.45, 7) is 0.692. The summed E-state index contributed by atoms with van der Waals surface area (Å²) in [5.74, 6) is 0.170. The third kappa shape index (κ3) is 9.64. The molecule has 0 bridgehead atoms. The summed E-state index contributed by atoms with van der Waals surface area (Å²) in [4.78, 5) is 12.5. The van der Waals surface area contributed by atoms with E-state index in [1.54, 1.807) is 0 Å². The largest absolute Gasteiger partial charge is 1.00 e. The summed E-state index contributed by atoms with van der Waals surface area (Å²) < 4.78 is 22.0. The van der Waals surface area contributed by atoms with Gasteiger partial charge in [0, 0.05) is 12.1 Å². The summed E-state index contributed by atoms with van der Waals surface area (Å²) in [6, 6.07) is 5.73. The van der Waals surface area contributed by atoms with Gasteiger partial charge in [0.2, 0.25) is 5.39 Å². The molecule has 120 valence electrons. The lowest BCUT2D eigenvalue weighted by molar-refractivity contribution is -0.870. The van der Waals surface area contributed by atoms with Gasteiger partial charge < -0.3 is 33.8 Å². The Bertz CT molecular complexity index is 514. The smallest absolute Gasteiger partial charge is 0.527 e. The number of phosphoric acid groups is 1. The Hall–Kier alpha value is -0.870. The maximum Gasteiger partial charge on any atom is 0.527 e. The van der Waals surface area contributed by atoms with Crippen molar-refractivity contribution in [2.24, 2.45) is 0 Å². The highest BCUT2D eigenvalue weighted by Gasteiger charge is 2.24. The maximum atomic E-state index is 11.7. The van der Waals surface area contributed by atoms with E-state index in [0.29, 0.717) is 16.7 Å². The molecule has 1 aromatic rings. The lowest BCUT2D eigenvalue weighted by Crippen LogP contribution is -3.00. The predicted molar refractivity (Wildman–Crippen MR) is 70.5 cm³/mol. The molecule has 7 nitrogen and oxygen atoms in total. The van der Waals surface area contributed by atoms with Crippen LogP contribution in [0.25, 0.3) is 4.98 Å². The van der Waals surface area contributed by atoms with Crippen LogP contribution >= 0.6 is 7.82 Å². The number of halogens is 2. The minimum absolute atomic E-state index is 0. The first kappa shape index (κ1) is 22.4. The Kier molecular flexibility index (Phi) is 9.83. The van der Waals surface area contributed by atoms with Crippen molar-refractivity contribution in [1.29, 1.82) is 5.39 Å². The molecule has 1 N–H and O–H groups in total. The molecule has 0 saturated heterocycles. The number of diazo groups is 1. The van der Waals surface area contributed by atoms with E-state index >= 15 is 0 Å². The molecule has 0 amide bonds. The van der Waals surface area contributed by atoms with E-state index in [4.69, 9.17) is 14.4 Å². The Morgan fingerprint density at radius 1 is 1.24 bits per heavy atom. The minimum Gasteiger partial charge on any atom is -1.00 e. The summed E-state index contributed by atoms with van der Waals surface area (Å²) in [6.07, 6.45) is 0. The van der Waals surface area contributed by atoms with Crippen LogP contribution in [0.15, 0.2) is 24.3 Å². The highest BCUT2D eigenvalue weighted by Crippen LogP contribution is 2.43. The van der Waals surface area contributed by atoms with Gasteiger partial charge >= 0.3 is 13.5 Å². The van der Waals surface area contributed by atoms with E-state index in [2.05, 4.69) is 4.98 Å². The number of nitrogens with zero attached hydrogens (tertiary/aromatic N) is 3. The van der Waals surface area contributed by atoms with Gasteiger partial charge in [0.25, 0.3) is 0 Å². The zero-order valence-electron chi connectivity index (χ0n) is 11.9. The Labute approximate surface area is 136 Å². The van der Waals surface area contributed by atoms with Gasteiger partial charge in [-0.1, -0.05) is 0 Å². The van der Waals surface area contributed by atoms with E-state index in [1.165, 1.54) is 24.3 Å². The average molecular weight is 358 g/mol. The van der Waals surface area contributed by atoms with Gasteiger partial charge in [-0.15, -0.1) is 0 Å². The number of quaternary nitrogens is 1. The Balaban J connectivity index is 0. The van der Waals surface area contributed by atoms with Crippen LogP contribution in [-0.2, 0) is 9.09 Å². The molecular weight excluding hydrogens is 340 g/mol. The average Bonchev–Trinajstić information content (AvgIpc) is 2.27. The first-order chi connectivity index (χ1) is 8.72. The zero-order chi connectivity index (χ0) is 14.5. The van der Waals surface area contributed by atoms with Crippen molar-refractivity contribution < 1.29 is 47.8 Å². The molecule has 0 aromatic heterocycles. The van der Waals surface area contributed by atoms with Crippen LogP contribution in [-0.4, -0.2) is 43.7 Å². The quantitative estimate of drug-likeness (QED) is 0.323. The van der Waals surface area contributed by atoms with Crippen LogP contribution < -0.4 is 29.3 Å². The van der Waals surface area contributed by atoms with E-state index in [-0.39, 0.29) is 37.2 Å². The Morgan fingerprint density at radius 2 is 1.76 bits per heavy atom. The van der Waals surface area contributed by atoms with Gasteiger partial charge in [-0.3, -0.25) is 9.42 Å². The molecule has 0 saturated carbocycles. The monoisotopic (exact) mass is 357 g/mol. The first-order valence-corrected chi connectivity index (χ1v) is 7.14. The van der Waals surface area contributed by atoms with Crippen molar-refractivity contribution in [1.82, 2.24) is 0 Å². The topological polar surface area (TPSA) is 83.9 Å². The van der Waals surface area contributed by atoms with Gasteiger partial charge in [0.1, 0.15) is 18.9 Å². The highest BCUT2D eigenvalue weighted by molar-refractivity contribution is 7.47. The molecule has 0 fully saturated rings. The van der Waals surface area contributed by atoms with Crippen LogP contribution in [0.3, 0.4) is 0 Å². The van der Waals surface area contributed by atoms with E-state index in [0.717, 1.165) is 0 Å². The molecule has 0 aliphatic carbocycles.